The molecule has 0 aliphatic heterocycles. The molecule has 0 saturated carbocycles. The van der Waals surface area contributed by atoms with Gasteiger partial charge in [-0.1, -0.05) is 0 Å². The third-order valence-electron chi connectivity index (χ3n) is 2.38. The zero-order valence-corrected chi connectivity index (χ0v) is 9.61. The monoisotopic (exact) mass is 259 g/mol. The van der Waals surface area contributed by atoms with Crippen molar-refractivity contribution in [2.45, 2.75) is 0 Å². The van der Waals surface area contributed by atoms with E-state index in [0.29, 0.717) is 5.69 Å². The molecule has 0 bridgehead atoms. The van der Waals surface area contributed by atoms with Crippen molar-refractivity contribution >= 4 is 23.0 Å². The van der Waals surface area contributed by atoms with E-state index in [1.165, 1.54) is 18.3 Å². The summed E-state index contributed by atoms with van der Waals surface area (Å²) in [6.45, 7) is 0. The number of aromatic carboxylic acids is 1. The molecular formula is C12H9N3O4. The van der Waals surface area contributed by atoms with Crippen molar-refractivity contribution in [1.82, 2.24) is 4.98 Å². The zero-order chi connectivity index (χ0) is 13.8. The standard InChI is InChI=1S/C12H9N3O4/c16-12(17)8-3-4-11(15(18)19)10(6-8)14-9-2-1-5-13-7-9/h1-7,14H,(H,16,17). The lowest BCUT2D eigenvalue weighted by molar-refractivity contribution is -0.383. The van der Waals surface area contributed by atoms with Gasteiger partial charge in [-0.25, -0.2) is 4.79 Å². The molecule has 7 heteroatoms. The van der Waals surface area contributed by atoms with Crippen LogP contribution in [-0.2, 0) is 0 Å². The first-order chi connectivity index (χ1) is 9.08. The van der Waals surface area contributed by atoms with Gasteiger partial charge in [0.15, 0.2) is 0 Å². The number of pyridine rings is 1. The Hall–Kier alpha value is -2.96. The number of hydrogen-bond acceptors (Lipinski definition) is 5. The average molecular weight is 259 g/mol. The van der Waals surface area contributed by atoms with Crippen LogP contribution in [0.2, 0.25) is 0 Å². The van der Waals surface area contributed by atoms with Gasteiger partial charge in [-0.2, -0.15) is 0 Å². The number of carboxylic acids is 1. The van der Waals surface area contributed by atoms with Gasteiger partial charge in [0.05, 0.1) is 22.4 Å². The van der Waals surface area contributed by atoms with E-state index in [1.807, 2.05) is 0 Å². The van der Waals surface area contributed by atoms with E-state index < -0.39 is 10.9 Å². The number of aromatic nitrogens is 1. The highest BCUT2D eigenvalue weighted by Crippen LogP contribution is 2.28. The van der Waals surface area contributed by atoms with Crippen LogP contribution >= 0.6 is 0 Å². The number of nitrogens with zero attached hydrogens (tertiary/aromatic N) is 2. The third kappa shape index (κ3) is 2.83. The number of nitro benzene ring substituents is 1. The molecule has 19 heavy (non-hydrogen) atoms. The lowest BCUT2D eigenvalue weighted by atomic mass is 10.1. The molecule has 1 aromatic carbocycles. The minimum atomic E-state index is -1.15. The highest BCUT2D eigenvalue weighted by atomic mass is 16.6. The molecule has 1 aromatic heterocycles. The summed E-state index contributed by atoms with van der Waals surface area (Å²) in [6, 6.07) is 6.89. The van der Waals surface area contributed by atoms with Gasteiger partial charge < -0.3 is 10.4 Å². The fraction of sp³-hybridized carbons (Fsp3) is 0. The van der Waals surface area contributed by atoms with Crippen LogP contribution in [-0.4, -0.2) is 21.0 Å². The molecule has 0 spiro atoms. The Labute approximate surface area is 107 Å². The van der Waals surface area contributed by atoms with Crippen LogP contribution in [0.5, 0.6) is 0 Å². The Kier molecular flexibility index (Phi) is 3.37. The maximum Gasteiger partial charge on any atom is 0.335 e. The maximum absolute atomic E-state index is 10.9. The fourth-order valence-corrected chi connectivity index (χ4v) is 1.52. The number of hydrogen-bond donors (Lipinski definition) is 2. The van der Waals surface area contributed by atoms with Crippen LogP contribution < -0.4 is 5.32 Å². The molecule has 0 amide bonds. The lowest BCUT2D eigenvalue weighted by Crippen LogP contribution is -2.01. The van der Waals surface area contributed by atoms with E-state index in [-0.39, 0.29) is 16.9 Å². The van der Waals surface area contributed by atoms with Crippen molar-refractivity contribution in [3.63, 3.8) is 0 Å². The Balaban J connectivity index is 2.43. The van der Waals surface area contributed by atoms with Gasteiger partial charge in [-0.3, -0.25) is 15.1 Å². The largest absolute Gasteiger partial charge is 0.478 e. The van der Waals surface area contributed by atoms with E-state index in [0.717, 1.165) is 6.07 Å². The summed E-state index contributed by atoms with van der Waals surface area (Å²) in [5, 5.41) is 22.6. The molecule has 0 aliphatic carbocycles. The molecule has 2 aromatic rings. The maximum atomic E-state index is 10.9. The summed E-state index contributed by atoms with van der Waals surface area (Å²) < 4.78 is 0. The predicted molar refractivity (Wildman–Crippen MR) is 67.6 cm³/mol. The molecule has 0 saturated heterocycles. The first-order valence-corrected chi connectivity index (χ1v) is 5.26. The Morgan fingerprint density at radius 1 is 1.37 bits per heavy atom. The van der Waals surface area contributed by atoms with Gasteiger partial charge in [0.2, 0.25) is 0 Å². The van der Waals surface area contributed by atoms with Crippen molar-refractivity contribution in [2.75, 3.05) is 5.32 Å². The molecule has 0 aliphatic rings. The second-order valence-electron chi connectivity index (χ2n) is 3.66. The Morgan fingerprint density at radius 2 is 2.16 bits per heavy atom. The topological polar surface area (TPSA) is 105 Å². The molecular weight excluding hydrogens is 250 g/mol. The van der Waals surface area contributed by atoms with Crippen LogP contribution in [0.4, 0.5) is 17.1 Å². The molecule has 0 unspecified atom stereocenters. The molecule has 0 radical (unpaired) electrons. The molecule has 2 N–H and O–H groups in total. The van der Waals surface area contributed by atoms with Crippen molar-refractivity contribution in [1.29, 1.82) is 0 Å². The van der Waals surface area contributed by atoms with Gasteiger partial charge in [0, 0.05) is 12.3 Å². The molecule has 0 fully saturated rings. The first kappa shape index (κ1) is 12.5. The number of carbonyl (C=O) groups is 1. The second kappa shape index (κ2) is 5.13. The van der Waals surface area contributed by atoms with E-state index in [2.05, 4.69) is 10.3 Å². The summed E-state index contributed by atoms with van der Waals surface area (Å²) >= 11 is 0. The number of rotatable bonds is 4. The highest BCUT2D eigenvalue weighted by molar-refractivity contribution is 5.90. The molecule has 96 valence electrons. The van der Waals surface area contributed by atoms with Crippen LogP contribution in [0.15, 0.2) is 42.7 Å². The summed E-state index contributed by atoms with van der Waals surface area (Å²) in [6.07, 6.45) is 3.05. The number of anilines is 2. The lowest BCUT2D eigenvalue weighted by Gasteiger charge is -2.07. The van der Waals surface area contributed by atoms with Gasteiger partial charge in [0.25, 0.3) is 5.69 Å². The first-order valence-electron chi connectivity index (χ1n) is 5.26. The van der Waals surface area contributed by atoms with E-state index in [9.17, 15) is 14.9 Å². The van der Waals surface area contributed by atoms with Crippen LogP contribution in [0.3, 0.4) is 0 Å². The zero-order valence-electron chi connectivity index (χ0n) is 9.61. The fourth-order valence-electron chi connectivity index (χ4n) is 1.52. The van der Waals surface area contributed by atoms with E-state index in [4.69, 9.17) is 5.11 Å². The Bertz CT molecular complexity index is 628. The van der Waals surface area contributed by atoms with Crippen LogP contribution in [0.1, 0.15) is 10.4 Å². The van der Waals surface area contributed by atoms with Gasteiger partial charge in [0.1, 0.15) is 5.69 Å². The van der Waals surface area contributed by atoms with Crippen molar-refractivity contribution in [2.24, 2.45) is 0 Å². The van der Waals surface area contributed by atoms with Crippen molar-refractivity contribution in [3.8, 4) is 0 Å². The van der Waals surface area contributed by atoms with Crippen LogP contribution in [0.25, 0.3) is 0 Å². The van der Waals surface area contributed by atoms with Crippen molar-refractivity contribution < 1.29 is 14.8 Å². The van der Waals surface area contributed by atoms with E-state index >= 15 is 0 Å². The van der Waals surface area contributed by atoms with E-state index in [1.54, 1.807) is 18.3 Å². The minimum absolute atomic E-state index is 0.0306. The van der Waals surface area contributed by atoms with Crippen molar-refractivity contribution in [3.05, 3.63) is 58.4 Å². The summed E-state index contributed by atoms with van der Waals surface area (Å²) in [7, 11) is 0. The minimum Gasteiger partial charge on any atom is -0.478 e. The quantitative estimate of drug-likeness (QED) is 0.645. The predicted octanol–water partition coefficient (Wildman–Crippen LogP) is 2.43. The van der Waals surface area contributed by atoms with Gasteiger partial charge in [-0.15, -0.1) is 0 Å². The normalized spacial score (nSPS) is 9.89. The average Bonchev–Trinajstić information content (AvgIpc) is 2.39. The number of carboxylic acid groups (broad SMARTS) is 1. The van der Waals surface area contributed by atoms with Gasteiger partial charge in [-0.05, 0) is 24.3 Å². The Morgan fingerprint density at radius 3 is 2.74 bits per heavy atom. The number of nitrogens with one attached hydrogen (secondary N) is 1. The molecule has 1 heterocycles. The number of nitro groups is 1. The highest BCUT2D eigenvalue weighted by Gasteiger charge is 2.16. The number of benzene rings is 1. The summed E-state index contributed by atoms with van der Waals surface area (Å²) in [5.41, 5.74) is 0.414. The smallest absolute Gasteiger partial charge is 0.335 e. The summed E-state index contributed by atoms with van der Waals surface area (Å²) in [4.78, 5) is 25.1. The second-order valence-corrected chi connectivity index (χ2v) is 3.66. The molecule has 0 atom stereocenters. The molecule has 2 rings (SSSR count). The molecule has 7 nitrogen and oxygen atoms in total. The van der Waals surface area contributed by atoms with Gasteiger partial charge >= 0.3 is 5.97 Å². The summed E-state index contributed by atoms with van der Waals surface area (Å²) in [5.74, 6) is -1.15. The third-order valence-corrected chi connectivity index (χ3v) is 2.38. The SMILES string of the molecule is O=C(O)c1ccc([N+](=O)[O-])c(Nc2cccnc2)c1. The van der Waals surface area contributed by atoms with Crippen LogP contribution in [0, 0.1) is 10.1 Å².